The topological polar surface area (TPSA) is 91.0 Å². The number of nitriles is 1. The molecule has 0 aromatic heterocycles. The molecule has 1 aromatic carbocycles. The summed E-state index contributed by atoms with van der Waals surface area (Å²) in [4.78, 5) is 23.2. The normalized spacial score (nSPS) is 11.2. The number of carbonyl (C=O) groups is 2. The van der Waals surface area contributed by atoms with Crippen LogP contribution in [0.4, 0.5) is 0 Å². The van der Waals surface area contributed by atoms with E-state index in [2.05, 4.69) is 22.6 Å². The Bertz CT molecular complexity index is 563. The van der Waals surface area contributed by atoms with E-state index in [4.69, 9.17) is 15.4 Å². The number of benzene rings is 1. The van der Waals surface area contributed by atoms with Crippen LogP contribution in [0.2, 0.25) is 0 Å². The van der Waals surface area contributed by atoms with Gasteiger partial charge in [0.2, 0.25) is 0 Å². The zero-order chi connectivity index (χ0) is 14.4. The average molecular weight is 370 g/mol. The highest BCUT2D eigenvalue weighted by molar-refractivity contribution is 14.1. The predicted octanol–water partition coefficient (Wildman–Crippen LogP) is 2.20. The smallest absolute Gasteiger partial charge is 0.338 e. The number of halogens is 1. The lowest BCUT2D eigenvalue weighted by atomic mass is 10.0. The number of hydrogen-bond acceptors (Lipinski definition) is 5. The number of esters is 1. The summed E-state index contributed by atoms with van der Waals surface area (Å²) in [7, 11) is 0. The molecule has 0 spiro atoms. The Kier molecular flexibility index (Phi) is 5.63. The molecule has 1 N–H and O–H groups in total. The van der Waals surface area contributed by atoms with E-state index >= 15 is 0 Å². The molecule has 0 bridgehead atoms. The van der Waals surface area contributed by atoms with Crippen LogP contribution in [0, 0.1) is 26.2 Å². The minimum Gasteiger partial charge on any atom is -0.454 e. The van der Waals surface area contributed by atoms with Crippen molar-refractivity contribution in [2.45, 2.75) is 6.92 Å². The fourth-order valence-corrected chi connectivity index (χ4v) is 1.87. The third-order valence-corrected chi connectivity index (χ3v) is 2.96. The van der Waals surface area contributed by atoms with E-state index in [0.29, 0.717) is 5.56 Å². The number of nitrogens with one attached hydrogen (secondary N) is 1. The molecule has 0 heterocycles. The van der Waals surface area contributed by atoms with Crippen LogP contribution in [0.15, 0.2) is 24.3 Å². The maximum absolute atomic E-state index is 11.7. The molecular weight excluding hydrogens is 359 g/mol. The number of rotatable bonds is 5. The van der Waals surface area contributed by atoms with Gasteiger partial charge in [-0.05, 0) is 47.7 Å². The fourth-order valence-electron chi connectivity index (χ4n) is 1.33. The van der Waals surface area contributed by atoms with Gasteiger partial charge in [0.25, 0.3) is 0 Å². The summed E-state index contributed by atoms with van der Waals surface area (Å²) in [6, 6.07) is 8.46. The molecular formula is C13H11IN2O3. The number of nitrogens with zero attached hydrogens (tertiary/aromatic N) is 1. The standard InChI is InChI=1S/C13H11IN2O3/c1-8(16)11(6-15)12(17)7-19-13(18)9-3-2-4-10(14)5-9/h2-5,11,16H,7H2,1H3. The van der Waals surface area contributed by atoms with E-state index in [1.54, 1.807) is 24.3 Å². The summed E-state index contributed by atoms with van der Waals surface area (Å²) < 4.78 is 5.72. The van der Waals surface area contributed by atoms with Crippen molar-refractivity contribution in [1.29, 1.82) is 10.7 Å². The molecule has 0 saturated heterocycles. The van der Waals surface area contributed by atoms with E-state index in [1.165, 1.54) is 6.92 Å². The summed E-state index contributed by atoms with van der Waals surface area (Å²) in [5, 5.41) is 16.0. The van der Waals surface area contributed by atoms with Crippen LogP contribution in [0.25, 0.3) is 0 Å². The maximum Gasteiger partial charge on any atom is 0.338 e. The molecule has 1 rings (SSSR count). The lowest BCUT2D eigenvalue weighted by Crippen LogP contribution is -2.25. The van der Waals surface area contributed by atoms with Crippen LogP contribution < -0.4 is 0 Å². The summed E-state index contributed by atoms with van der Waals surface area (Å²) >= 11 is 2.06. The molecule has 0 amide bonds. The first kappa shape index (κ1) is 15.3. The largest absolute Gasteiger partial charge is 0.454 e. The van der Waals surface area contributed by atoms with E-state index in [-0.39, 0.29) is 5.71 Å². The Hall–Kier alpha value is -1.75. The van der Waals surface area contributed by atoms with Crippen LogP contribution in [0.5, 0.6) is 0 Å². The third-order valence-electron chi connectivity index (χ3n) is 2.29. The van der Waals surface area contributed by atoms with Gasteiger partial charge in [0.05, 0.1) is 11.6 Å². The number of Topliss-reactive ketones (excluding diaryl/α,β-unsaturated/α-hetero) is 1. The summed E-state index contributed by atoms with van der Waals surface area (Å²) in [6.07, 6.45) is 0. The zero-order valence-electron chi connectivity index (χ0n) is 10.1. The van der Waals surface area contributed by atoms with Gasteiger partial charge in [0.15, 0.2) is 12.4 Å². The number of hydrogen-bond donors (Lipinski definition) is 1. The van der Waals surface area contributed by atoms with Crippen molar-refractivity contribution in [2.75, 3.05) is 6.61 Å². The third kappa shape index (κ3) is 4.44. The van der Waals surface area contributed by atoms with Gasteiger partial charge in [-0.3, -0.25) is 4.79 Å². The molecule has 1 unspecified atom stereocenters. The summed E-state index contributed by atoms with van der Waals surface area (Å²) in [5.41, 5.74) is 0.289. The predicted molar refractivity (Wildman–Crippen MR) is 77.0 cm³/mol. The summed E-state index contributed by atoms with van der Waals surface area (Å²) in [6.45, 7) is 0.867. The molecule has 0 aliphatic heterocycles. The van der Waals surface area contributed by atoms with Gasteiger partial charge >= 0.3 is 5.97 Å². The number of ether oxygens (including phenoxy) is 1. The quantitative estimate of drug-likeness (QED) is 0.489. The molecule has 0 aliphatic carbocycles. The Morgan fingerprint density at radius 2 is 2.21 bits per heavy atom. The number of carbonyl (C=O) groups excluding carboxylic acids is 2. The first-order valence-corrected chi connectivity index (χ1v) is 6.43. The molecule has 0 fully saturated rings. The van der Waals surface area contributed by atoms with Crippen molar-refractivity contribution in [1.82, 2.24) is 0 Å². The first-order valence-electron chi connectivity index (χ1n) is 5.35. The lowest BCUT2D eigenvalue weighted by Gasteiger charge is -2.07. The van der Waals surface area contributed by atoms with Crippen molar-refractivity contribution >= 4 is 40.1 Å². The van der Waals surface area contributed by atoms with E-state index < -0.39 is 24.3 Å². The minimum atomic E-state index is -1.15. The van der Waals surface area contributed by atoms with Gasteiger partial charge < -0.3 is 10.1 Å². The second-order valence-electron chi connectivity index (χ2n) is 3.80. The van der Waals surface area contributed by atoms with Crippen LogP contribution in [-0.2, 0) is 9.53 Å². The van der Waals surface area contributed by atoms with E-state index in [1.807, 2.05) is 6.07 Å². The average Bonchev–Trinajstić information content (AvgIpc) is 2.36. The molecule has 6 heteroatoms. The van der Waals surface area contributed by atoms with Gasteiger partial charge in [-0.25, -0.2) is 4.79 Å². The van der Waals surface area contributed by atoms with Gasteiger partial charge in [-0.2, -0.15) is 5.26 Å². The van der Waals surface area contributed by atoms with Gasteiger partial charge in [0, 0.05) is 9.28 Å². The SMILES string of the molecule is CC(=N)C(C#N)C(=O)COC(=O)c1cccc(I)c1. The Morgan fingerprint density at radius 3 is 2.74 bits per heavy atom. The maximum atomic E-state index is 11.7. The fraction of sp³-hybridized carbons (Fsp3) is 0.231. The Balaban J connectivity index is 2.63. The second-order valence-corrected chi connectivity index (χ2v) is 5.04. The van der Waals surface area contributed by atoms with Crippen molar-refractivity contribution in [3.05, 3.63) is 33.4 Å². The molecule has 0 saturated carbocycles. The van der Waals surface area contributed by atoms with Crippen molar-refractivity contribution < 1.29 is 14.3 Å². The minimum absolute atomic E-state index is 0.0576. The van der Waals surface area contributed by atoms with Gasteiger partial charge in [-0.15, -0.1) is 0 Å². The van der Waals surface area contributed by atoms with Gasteiger partial charge in [-0.1, -0.05) is 6.07 Å². The van der Waals surface area contributed by atoms with Crippen molar-refractivity contribution in [3.63, 3.8) is 0 Å². The van der Waals surface area contributed by atoms with Crippen LogP contribution in [-0.4, -0.2) is 24.1 Å². The highest BCUT2D eigenvalue weighted by Gasteiger charge is 2.21. The molecule has 1 atom stereocenters. The first-order chi connectivity index (χ1) is 8.95. The number of ketones is 1. The van der Waals surface area contributed by atoms with Crippen LogP contribution in [0.3, 0.4) is 0 Å². The highest BCUT2D eigenvalue weighted by atomic mass is 127. The molecule has 0 radical (unpaired) electrons. The summed E-state index contributed by atoms with van der Waals surface area (Å²) in [5.74, 6) is -2.36. The molecule has 98 valence electrons. The van der Waals surface area contributed by atoms with E-state index in [9.17, 15) is 9.59 Å². The Morgan fingerprint density at radius 1 is 1.53 bits per heavy atom. The molecule has 1 aromatic rings. The van der Waals surface area contributed by atoms with Crippen LogP contribution >= 0.6 is 22.6 Å². The molecule has 0 aliphatic rings. The Labute approximate surface area is 124 Å². The highest BCUT2D eigenvalue weighted by Crippen LogP contribution is 2.09. The van der Waals surface area contributed by atoms with Gasteiger partial charge in [0.1, 0.15) is 5.92 Å². The van der Waals surface area contributed by atoms with Crippen LogP contribution in [0.1, 0.15) is 17.3 Å². The second kappa shape index (κ2) is 6.99. The van der Waals surface area contributed by atoms with E-state index in [0.717, 1.165) is 3.57 Å². The molecule has 19 heavy (non-hydrogen) atoms. The van der Waals surface area contributed by atoms with Crippen molar-refractivity contribution in [2.24, 2.45) is 5.92 Å². The zero-order valence-corrected chi connectivity index (χ0v) is 12.3. The lowest BCUT2D eigenvalue weighted by molar-refractivity contribution is -0.122. The monoisotopic (exact) mass is 370 g/mol. The molecule has 5 nitrogen and oxygen atoms in total. The van der Waals surface area contributed by atoms with Crippen molar-refractivity contribution in [3.8, 4) is 6.07 Å².